The molecule has 0 aliphatic carbocycles. The van der Waals surface area contributed by atoms with Gasteiger partial charge < -0.3 is 4.74 Å². The smallest absolute Gasteiger partial charge is 0.229 e. The van der Waals surface area contributed by atoms with Crippen molar-refractivity contribution in [2.24, 2.45) is 0 Å². The highest BCUT2D eigenvalue weighted by molar-refractivity contribution is 5.99. The molecule has 21 heavy (non-hydrogen) atoms. The van der Waals surface area contributed by atoms with Gasteiger partial charge in [0.25, 0.3) is 0 Å². The monoisotopic (exact) mass is 285 g/mol. The second-order valence-corrected chi connectivity index (χ2v) is 4.28. The number of benzene rings is 1. The van der Waals surface area contributed by atoms with Gasteiger partial charge in [-0.1, -0.05) is 12.1 Å². The molecule has 2 rings (SSSR count). The first-order valence-electron chi connectivity index (χ1n) is 6.43. The zero-order chi connectivity index (χ0) is 15.1. The van der Waals surface area contributed by atoms with Crippen LogP contribution in [0.5, 0.6) is 5.75 Å². The van der Waals surface area contributed by atoms with Crippen molar-refractivity contribution in [2.75, 3.05) is 12.4 Å². The molecule has 1 amide bonds. The molecule has 1 aromatic carbocycles. The minimum Gasteiger partial charge on any atom is -0.497 e. The third-order valence-electron chi connectivity index (χ3n) is 2.79. The summed E-state index contributed by atoms with van der Waals surface area (Å²) in [5.41, 5.74) is 0.526. The van der Waals surface area contributed by atoms with Gasteiger partial charge in [0.1, 0.15) is 5.75 Å². The summed E-state index contributed by atoms with van der Waals surface area (Å²) >= 11 is 0. The van der Waals surface area contributed by atoms with E-state index < -0.39 is 0 Å². The highest BCUT2D eigenvalue weighted by Gasteiger charge is 2.11. The fraction of sp³-hybridized carbons (Fsp3) is 0.200. The van der Waals surface area contributed by atoms with E-state index in [2.05, 4.69) is 15.3 Å². The normalized spacial score (nSPS) is 9.95. The number of nitrogens with zero attached hydrogens (tertiary/aromatic N) is 2. The van der Waals surface area contributed by atoms with E-state index in [0.717, 1.165) is 0 Å². The number of rotatable bonds is 6. The summed E-state index contributed by atoms with van der Waals surface area (Å²) in [6, 6.07) is 8.51. The van der Waals surface area contributed by atoms with E-state index in [1.807, 2.05) is 0 Å². The van der Waals surface area contributed by atoms with Gasteiger partial charge >= 0.3 is 0 Å². The zero-order valence-electron chi connectivity index (χ0n) is 11.6. The predicted molar refractivity (Wildman–Crippen MR) is 77.2 cm³/mol. The van der Waals surface area contributed by atoms with Crippen LogP contribution in [0.3, 0.4) is 0 Å². The number of nitrogens with one attached hydrogen (secondary N) is 1. The third kappa shape index (κ3) is 4.38. The molecule has 6 nitrogen and oxygen atoms in total. The minimum absolute atomic E-state index is 0.0777. The molecule has 1 aromatic heterocycles. The van der Waals surface area contributed by atoms with Gasteiger partial charge in [-0.3, -0.25) is 14.9 Å². The number of hydrogen-bond acceptors (Lipinski definition) is 5. The van der Waals surface area contributed by atoms with Crippen LogP contribution in [0, 0.1) is 0 Å². The van der Waals surface area contributed by atoms with E-state index in [0.29, 0.717) is 11.3 Å². The van der Waals surface area contributed by atoms with Gasteiger partial charge in [-0.25, -0.2) is 9.97 Å². The van der Waals surface area contributed by atoms with Crippen LogP contribution in [0.15, 0.2) is 42.7 Å². The first kappa shape index (κ1) is 14.6. The Balaban J connectivity index is 1.87. The number of carbonyl (C=O) groups excluding carboxylic acids is 2. The number of aromatic nitrogens is 2. The summed E-state index contributed by atoms with van der Waals surface area (Å²) in [6.45, 7) is 0. The Morgan fingerprint density at radius 1 is 1.14 bits per heavy atom. The first-order chi connectivity index (χ1) is 10.2. The maximum Gasteiger partial charge on any atom is 0.229 e. The fourth-order valence-corrected chi connectivity index (χ4v) is 1.72. The lowest BCUT2D eigenvalue weighted by molar-refractivity contribution is -0.116. The van der Waals surface area contributed by atoms with Crippen molar-refractivity contribution in [1.82, 2.24) is 9.97 Å². The van der Waals surface area contributed by atoms with Gasteiger partial charge in [-0.15, -0.1) is 0 Å². The topological polar surface area (TPSA) is 81.2 Å². The molecule has 0 aliphatic heterocycles. The van der Waals surface area contributed by atoms with Crippen molar-refractivity contribution >= 4 is 17.6 Å². The average molecular weight is 285 g/mol. The average Bonchev–Trinajstić information content (AvgIpc) is 2.53. The van der Waals surface area contributed by atoms with Crippen LogP contribution in [0.2, 0.25) is 0 Å². The minimum atomic E-state index is -0.294. The summed E-state index contributed by atoms with van der Waals surface area (Å²) in [5.74, 6) is 0.440. The van der Waals surface area contributed by atoms with Crippen LogP contribution in [-0.4, -0.2) is 28.8 Å². The molecule has 0 saturated heterocycles. The van der Waals surface area contributed by atoms with E-state index in [1.54, 1.807) is 30.3 Å². The van der Waals surface area contributed by atoms with Crippen molar-refractivity contribution in [2.45, 2.75) is 12.8 Å². The van der Waals surface area contributed by atoms with Crippen molar-refractivity contribution in [1.29, 1.82) is 0 Å². The summed E-state index contributed by atoms with van der Waals surface area (Å²) < 4.78 is 5.06. The first-order valence-corrected chi connectivity index (χ1v) is 6.43. The Morgan fingerprint density at radius 3 is 2.62 bits per heavy atom. The number of carbonyl (C=O) groups is 2. The third-order valence-corrected chi connectivity index (χ3v) is 2.79. The van der Waals surface area contributed by atoms with Crippen molar-refractivity contribution in [3.63, 3.8) is 0 Å². The second kappa shape index (κ2) is 7.14. The quantitative estimate of drug-likeness (QED) is 0.822. The molecule has 1 N–H and O–H groups in total. The number of ketones is 1. The standard InChI is InChI=1S/C15H15N3O3/c1-21-12-5-2-4-11(10-12)13(19)6-7-14(20)18-15-16-8-3-9-17-15/h2-5,8-10H,6-7H2,1H3,(H,16,17,18,20). The van der Waals surface area contributed by atoms with Gasteiger partial charge in [0.15, 0.2) is 5.78 Å². The lowest BCUT2D eigenvalue weighted by Gasteiger charge is -2.04. The molecule has 0 fully saturated rings. The number of methoxy groups -OCH3 is 1. The summed E-state index contributed by atoms with van der Waals surface area (Å²) in [4.78, 5) is 31.5. The van der Waals surface area contributed by atoms with Crippen LogP contribution >= 0.6 is 0 Å². The highest BCUT2D eigenvalue weighted by atomic mass is 16.5. The van der Waals surface area contributed by atoms with Crippen molar-refractivity contribution < 1.29 is 14.3 Å². The molecule has 0 unspecified atom stereocenters. The van der Waals surface area contributed by atoms with Crippen LogP contribution in [0.4, 0.5) is 5.95 Å². The molecule has 108 valence electrons. The highest BCUT2D eigenvalue weighted by Crippen LogP contribution is 2.14. The van der Waals surface area contributed by atoms with Gasteiger partial charge in [0, 0.05) is 30.8 Å². The SMILES string of the molecule is COc1cccc(C(=O)CCC(=O)Nc2ncccn2)c1. The van der Waals surface area contributed by atoms with Crippen molar-refractivity contribution in [3.05, 3.63) is 48.3 Å². The van der Waals surface area contributed by atoms with Crippen LogP contribution < -0.4 is 10.1 Å². The Labute approximate surface area is 122 Å². The van der Waals surface area contributed by atoms with Gasteiger partial charge in [0.05, 0.1) is 7.11 Å². The lowest BCUT2D eigenvalue weighted by atomic mass is 10.1. The Hall–Kier alpha value is -2.76. The zero-order valence-corrected chi connectivity index (χ0v) is 11.6. The molecule has 0 spiro atoms. The summed E-state index contributed by atoms with van der Waals surface area (Å²) in [6.07, 6.45) is 3.26. The van der Waals surface area contributed by atoms with Gasteiger partial charge in [-0.05, 0) is 18.2 Å². The van der Waals surface area contributed by atoms with Gasteiger partial charge in [-0.2, -0.15) is 0 Å². The largest absolute Gasteiger partial charge is 0.497 e. The number of Topliss-reactive ketones (excluding diaryl/α,β-unsaturated/α-hetero) is 1. The second-order valence-electron chi connectivity index (χ2n) is 4.28. The Morgan fingerprint density at radius 2 is 1.90 bits per heavy atom. The van der Waals surface area contributed by atoms with Crippen molar-refractivity contribution in [3.8, 4) is 5.75 Å². The van der Waals surface area contributed by atoms with Gasteiger partial charge in [0.2, 0.25) is 11.9 Å². The molecule has 0 saturated carbocycles. The summed E-state index contributed by atoms with van der Waals surface area (Å²) in [5, 5.41) is 2.53. The fourth-order valence-electron chi connectivity index (χ4n) is 1.72. The number of hydrogen-bond donors (Lipinski definition) is 1. The lowest BCUT2D eigenvalue weighted by Crippen LogP contribution is -2.15. The van der Waals surface area contributed by atoms with E-state index in [1.165, 1.54) is 19.5 Å². The van der Waals surface area contributed by atoms with E-state index >= 15 is 0 Å². The van der Waals surface area contributed by atoms with E-state index in [9.17, 15) is 9.59 Å². The summed E-state index contributed by atoms with van der Waals surface area (Å²) in [7, 11) is 1.54. The molecule has 0 aliphatic rings. The van der Waals surface area contributed by atoms with Crippen LogP contribution in [-0.2, 0) is 4.79 Å². The molecule has 0 bridgehead atoms. The molecule has 0 radical (unpaired) electrons. The van der Waals surface area contributed by atoms with Crippen LogP contribution in [0.1, 0.15) is 23.2 Å². The molecule has 6 heteroatoms. The predicted octanol–water partition coefficient (Wildman–Crippen LogP) is 2.09. The molecule has 0 atom stereocenters. The molecular formula is C15H15N3O3. The Kier molecular flexibility index (Phi) is 4.98. The Bertz CT molecular complexity index is 629. The number of anilines is 1. The molecule has 1 heterocycles. The number of ether oxygens (including phenoxy) is 1. The maximum absolute atomic E-state index is 12.0. The number of amides is 1. The maximum atomic E-state index is 12.0. The van der Waals surface area contributed by atoms with E-state index in [4.69, 9.17) is 4.74 Å². The van der Waals surface area contributed by atoms with E-state index in [-0.39, 0.29) is 30.5 Å². The van der Waals surface area contributed by atoms with Crippen LogP contribution in [0.25, 0.3) is 0 Å². The molecular weight excluding hydrogens is 270 g/mol. The molecule has 2 aromatic rings.